The number of nitrogen functional groups attached to an aromatic ring is 1. The summed E-state index contributed by atoms with van der Waals surface area (Å²) in [5, 5.41) is 13.2. The predicted octanol–water partition coefficient (Wildman–Crippen LogP) is 5.86. The highest BCUT2D eigenvalue weighted by atomic mass is 32.2. The summed E-state index contributed by atoms with van der Waals surface area (Å²) in [7, 11) is -3.99. The van der Waals surface area contributed by atoms with E-state index >= 15 is 4.39 Å². The van der Waals surface area contributed by atoms with Crippen molar-refractivity contribution in [3.8, 4) is 0 Å². The molecule has 0 fully saturated rings. The van der Waals surface area contributed by atoms with Crippen LogP contribution >= 0.6 is 0 Å². The van der Waals surface area contributed by atoms with Gasteiger partial charge in [-0.05, 0) is 67.0 Å². The smallest absolute Gasteiger partial charge is 0.243 e. The second-order valence-corrected chi connectivity index (χ2v) is 14.0. The Hall–Kier alpha value is -3.60. The Morgan fingerprint density at radius 3 is 1.93 bits per heavy atom. The Morgan fingerprint density at radius 2 is 1.43 bits per heavy atom. The molecule has 0 heterocycles. The number of aliphatic hydroxyl groups is 1. The summed E-state index contributed by atoms with van der Waals surface area (Å²) >= 11 is 0. The number of Topliss-reactive ketones (excluding diaryl/α,β-unsaturated/α-hetero) is 1. The largest absolute Gasteiger partial charge is 0.399 e. The number of alkyl halides is 1. The Bertz CT molecular complexity index is 1430. The molecule has 0 saturated heterocycles. The van der Waals surface area contributed by atoms with Crippen LogP contribution < -0.4 is 11.1 Å². The van der Waals surface area contributed by atoms with E-state index in [0.29, 0.717) is 12.1 Å². The van der Waals surface area contributed by atoms with Crippen LogP contribution in [0.15, 0.2) is 89.8 Å². The number of carbonyl (C=O) groups excluding carboxylic acids is 2. The molecule has 3 rings (SSSR count). The number of rotatable bonds is 19. The lowest BCUT2D eigenvalue weighted by molar-refractivity contribution is -0.128. The van der Waals surface area contributed by atoms with Gasteiger partial charge in [-0.3, -0.25) is 9.59 Å². The van der Waals surface area contributed by atoms with Crippen LogP contribution in [0.3, 0.4) is 0 Å². The number of sulfonamides is 1. The van der Waals surface area contributed by atoms with Crippen LogP contribution in [0.4, 0.5) is 10.1 Å². The fraction of sp³-hybridized carbons (Fsp3) is 0.444. The molecule has 1 amide bonds. The number of halogens is 1. The van der Waals surface area contributed by atoms with Crippen LogP contribution in [0, 0.1) is 5.92 Å². The highest BCUT2D eigenvalue weighted by molar-refractivity contribution is 7.89. The molecular formula is C36H48FN3O5S. The number of ketones is 1. The third kappa shape index (κ3) is 10.5. The molecule has 3 atom stereocenters. The van der Waals surface area contributed by atoms with Crippen LogP contribution in [0.1, 0.15) is 76.3 Å². The zero-order chi connectivity index (χ0) is 33.7. The number of hydrogen-bond donors (Lipinski definition) is 3. The lowest BCUT2D eigenvalue weighted by Gasteiger charge is -2.31. The van der Waals surface area contributed by atoms with Crippen LogP contribution in [0.5, 0.6) is 0 Å². The average Bonchev–Trinajstić information content (AvgIpc) is 3.05. The van der Waals surface area contributed by atoms with Gasteiger partial charge in [0.1, 0.15) is 6.17 Å². The Kier molecular flexibility index (Phi) is 14.4. The number of anilines is 1. The van der Waals surface area contributed by atoms with Gasteiger partial charge in [-0.1, -0.05) is 81.4 Å². The maximum atomic E-state index is 15.4. The molecule has 0 aliphatic rings. The molecule has 10 heteroatoms. The zero-order valence-electron chi connectivity index (χ0n) is 27.0. The van der Waals surface area contributed by atoms with Crippen molar-refractivity contribution in [1.82, 2.24) is 9.62 Å². The molecular weight excluding hydrogens is 605 g/mol. The Balaban J connectivity index is 1.75. The fourth-order valence-corrected chi connectivity index (χ4v) is 7.14. The third-order valence-corrected chi connectivity index (χ3v) is 10.1. The van der Waals surface area contributed by atoms with Gasteiger partial charge in [-0.15, -0.1) is 0 Å². The van der Waals surface area contributed by atoms with Gasteiger partial charge in [0, 0.05) is 37.0 Å². The van der Waals surface area contributed by atoms with Gasteiger partial charge in [0.05, 0.1) is 17.5 Å². The van der Waals surface area contributed by atoms with E-state index in [4.69, 9.17) is 5.73 Å². The van der Waals surface area contributed by atoms with Gasteiger partial charge in [0.2, 0.25) is 15.9 Å². The first-order valence-corrected chi connectivity index (χ1v) is 17.5. The molecule has 0 spiro atoms. The molecule has 0 aliphatic heterocycles. The van der Waals surface area contributed by atoms with Gasteiger partial charge in [-0.2, -0.15) is 4.31 Å². The van der Waals surface area contributed by atoms with Gasteiger partial charge in [0.25, 0.3) is 0 Å². The number of hydrogen-bond acceptors (Lipinski definition) is 6. The molecule has 1 unspecified atom stereocenters. The first-order chi connectivity index (χ1) is 22.0. The van der Waals surface area contributed by atoms with Crippen molar-refractivity contribution in [2.24, 2.45) is 5.92 Å². The average molecular weight is 654 g/mol. The van der Waals surface area contributed by atoms with E-state index in [0.717, 1.165) is 11.1 Å². The lowest BCUT2D eigenvalue weighted by atomic mass is 9.82. The number of amides is 1. The molecule has 3 aromatic carbocycles. The summed E-state index contributed by atoms with van der Waals surface area (Å²) in [6, 6.07) is 23.0. The van der Waals surface area contributed by atoms with Gasteiger partial charge < -0.3 is 16.2 Å². The van der Waals surface area contributed by atoms with Crippen molar-refractivity contribution in [1.29, 1.82) is 0 Å². The number of nitrogens with two attached hydrogens (primary N) is 1. The zero-order valence-corrected chi connectivity index (χ0v) is 27.8. The highest BCUT2D eigenvalue weighted by Crippen LogP contribution is 2.30. The second kappa shape index (κ2) is 17.9. The minimum atomic E-state index is -3.99. The molecule has 4 N–H and O–H groups in total. The third-order valence-electron chi connectivity index (χ3n) is 8.18. The normalized spacial score (nSPS) is 13.9. The second-order valence-electron chi connectivity index (χ2n) is 12.1. The van der Waals surface area contributed by atoms with Crippen LogP contribution in [0.25, 0.3) is 0 Å². The van der Waals surface area contributed by atoms with Crippen molar-refractivity contribution in [3.63, 3.8) is 0 Å². The summed E-state index contributed by atoms with van der Waals surface area (Å²) in [5.74, 6) is -0.817. The Morgan fingerprint density at radius 1 is 0.870 bits per heavy atom. The van der Waals surface area contributed by atoms with Crippen LogP contribution in [-0.2, 0) is 19.6 Å². The van der Waals surface area contributed by atoms with Crippen molar-refractivity contribution in [3.05, 3.63) is 96.1 Å². The molecule has 0 aromatic heterocycles. The number of carbonyl (C=O) groups is 2. The monoisotopic (exact) mass is 653 g/mol. The number of aliphatic hydroxyl groups excluding tert-OH is 1. The van der Waals surface area contributed by atoms with Gasteiger partial charge in [0.15, 0.2) is 5.78 Å². The molecule has 3 aromatic rings. The number of nitrogens with zero attached hydrogens (tertiary/aromatic N) is 1. The predicted molar refractivity (Wildman–Crippen MR) is 180 cm³/mol. The van der Waals surface area contributed by atoms with Crippen molar-refractivity contribution >= 4 is 27.4 Å². The van der Waals surface area contributed by atoms with Crippen molar-refractivity contribution in [2.75, 3.05) is 18.9 Å². The van der Waals surface area contributed by atoms with E-state index in [1.807, 2.05) is 74.5 Å². The van der Waals surface area contributed by atoms with E-state index in [2.05, 4.69) is 5.32 Å². The quantitative estimate of drug-likeness (QED) is 0.139. The molecule has 8 nitrogen and oxygen atoms in total. The minimum absolute atomic E-state index is 0.0409. The summed E-state index contributed by atoms with van der Waals surface area (Å²) in [4.78, 5) is 26.4. The fourth-order valence-electron chi connectivity index (χ4n) is 5.48. The minimum Gasteiger partial charge on any atom is -0.399 e. The Labute approximate surface area is 273 Å². The van der Waals surface area contributed by atoms with Crippen molar-refractivity contribution < 1.29 is 27.5 Å². The van der Waals surface area contributed by atoms with Gasteiger partial charge in [-0.25, -0.2) is 12.8 Å². The van der Waals surface area contributed by atoms with Crippen LogP contribution in [-0.4, -0.2) is 60.9 Å². The van der Waals surface area contributed by atoms with E-state index in [-0.39, 0.29) is 61.2 Å². The van der Waals surface area contributed by atoms with E-state index < -0.39 is 40.8 Å². The highest BCUT2D eigenvalue weighted by Gasteiger charge is 2.34. The van der Waals surface area contributed by atoms with Crippen molar-refractivity contribution in [2.45, 2.75) is 88.4 Å². The number of benzene rings is 3. The maximum absolute atomic E-state index is 15.4. The molecule has 0 bridgehead atoms. The SMILES string of the molecule is CCC(=O)N[C@H](C(=O)CCC(F)CC[C@@H](CO)N(CCC(C)C)S(=O)(=O)c1ccc(N)cc1)C(c1ccccc1)c1ccccc1. The van der Waals surface area contributed by atoms with E-state index in [9.17, 15) is 23.1 Å². The van der Waals surface area contributed by atoms with E-state index in [1.165, 1.54) is 28.6 Å². The molecule has 250 valence electrons. The maximum Gasteiger partial charge on any atom is 0.243 e. The van der Waals surface area contributed by atoms with Crippen LogP contribution in [0.2, 0.25) is 0 Å². The summed E-state index contributed by atoms with van der Waals surface area (Å²) in [6.07, 6.45) is -0.836. The lowest BCUT2D eigenvalue weighted by Crippen LogP contribution is -2.45. The summed E-state index contributed by atoms with van der Waals surface area (Å²) < 4.78 is 43.9. The molecule has 0 radical (unpaired) electrons. The standard InChI is InChI=1S/C36H48FN3O5S/c1-4-34(43)39-36(35(27-11-7-5-8-12-27)28-13-9-6-10-14-28)33(42)22-16-29(37)15-19-31(25-41)40(24-23-26(2)3)46(44,45)32-20-17-30(38)18-21-32/h5-14,17-18,20-21,26,29,31,35-36,41H,4,15-16,19,22-25,38H2,1-3H3,(H,39,43)/t29?,31-,36+/m0/s1. The summed E-state index contributed by atoms with van der Waals surface area (Å²) in [5.41, 5.74) is 7.89. The molecule has 0 saturated carbocycles. The first kappa shape index (κ1) is 36.9. The van der Waals surface area contributed by atoms with E-state index in [1.54, 1.807) is 6.92 Å². The topological polar surface area (TPSA) is 130 Å². The number of nitrogens with one attached hydrogen (secondary N) is 1. The molecule has 0 aliphatic carbocycles. The van der Waals surface area contributed by atoms with Gasteiger partial charge >= 0.3 is 0 Å². The molecule has 46 heavy (non-hydrogen) atoms. The first-order valence-electron chi connectivity index (χ1n) is 16.0. The summed E-state index contributed by atoms with van der Waals surface area (Å²) in [6.45, 7) is 5.37.